The zero-order chi connectivity index (χ0) is 17.0. The average molecular weight is 351 g/mol. The van der Waals surface area contributed by atoms with Gasteiger partial charge in [0, 0.05) is 25.5 Å². The predicted octanol–water partition coefficient (Wildman–Crippen LogP) is 1.99. The summed E-state index contributed by atoms with van der Waals surface area (Å²) < 4.78 is 45.3. The minimum absolute atomic E-state index is 0.0812. The van der Waals surface area contributed by atoms with Crippen LogP contribution in [0.2, 0.25) is 0 Å². The van der Waals surface area contributed by atoms with E-state index in [1.807, 2.05) is 0 Å². The molecule has 1 aliphatic heterocycles. The monoisotopic (exact) mass is 351 g/mol. The lowest BCUT2D eigenvalue weighted by atomic mass is 10.1. The van der Waals surface area contributed by atoms with Gasteiger partial charge in [-0.15, -0.1) is 0 Å². The Morgan fingerprint density at radius 3 is 2.71 bits per heavy atom. The van der Waals surface area contributed by atoms with Crippen LogP contribution in [0, 0.1) is 5.82 Å². The van der Waals surface area contributed by atoms with Crippen molar-refractivity contribution in [2.45, 2.75) is 24.7 Å². The smallest absolute Gasteiger partial charge is 0.232 e. The number of hydrogen-bond acceptors (Lipinski definition) is 5. The Hall–Kier alpha value is -2.06. The third kappa shape index (κ3) is 4.27. The van der Waals surface area contributed by atoms with Crippen molar-refractivity contribution in [2.75, 3.05) is 13.1 Å². The highest BCUT2D eigenvalue weighted by atomic mass is 32.2. The molecule has 0 saturated carbocycles. The molecule has 24 heavy (non-hydrogen) atoms. The van der Waals surface area contributed by atoms with Crippen molar-refractivity contribution in [2.24, 2.45) is 0 Å². The molecule has 0 amide bonds. The maximum Gasteiger partial charge on any atom is 0.232 e. The van der Waals surface area contributed by atoms with Gasteiger partial charge in [-0.05, 0) is 30.5 Å². The highest BCUT2D eigenvalue weighted by Crippen LogP contribution is 2.20. The fraction of sp³-hybridized carbons (Fsp3) is 0.375. The summed E-state index contributed by atoms with van der Waals surface area (Å²) in [4.78, 5) is 7.99. The van der Waals surface area contributed by atoms with Crippen molar-refractivity contribution in [1.29, 1.82) is 0 Å². The molecule has 0 spiro atoms. The first-order valence-corrected chi connectivity index (χ1v) is 9.29. The molecular formula is C16H18FN3O3S. The maximum absolute atomic E-state index is 13.2. The lowest BCUT2D eigenvalue weighted by molar-refractivity contribution is 0.129. The molecule has 1 aromatic carbocycles. The number of nitrogens with zero attached hydrogens (tertiary/aromatic N) is 3. The zero-order valence-electron chi connectivity index (χ0n) is 13.0. The van der Waals surface area contributed by atoms with Crippen LogP contribution in [-0.2, 0) is 15.8 Å². The zero-order valence-corrected chi connectivity index (χ0v) is 13.8. The molecule has 1 saturated heterocycles. The minimum Gasteiger partial charge on any atom is -0.473 e. The number of benzene rings is 1. The van der Waals surface area contributed by atoms with Gasteiger partial charge < -0.3 is 4.74 Å². The Morgan fingerprint density at radius 1 is 1.25 bits per heavy atom. The topological polar surface area (TPSA) is 72.4 Å². The first-order chi connectivity index (χ1) is 11.5. The summed E-state index contributed by atoms with van der Waals surface area (Å²) in [6, 6.07) is 5.68. The molecule has 0 unspecified atom stereocenters. The molecule has 1 aromatic heterocycles. The first kappa shape index (κ1) is 16.8. The Labute approximate surface area is 140 Å². The standard InChI is InChI=1S/C16H18FN3O3S/c17-14-3-1-2-13(10-14)12-24(21,22)20-8-4-15(5-9-20)23-16-11-18-6-7-19-16/h1-3,6-7,10-11,15H,4-5,8-9,12H2. The number of sulfonamides is 1. The quantitative estimate of drug-likeness (QED) is 0.824. The highest BCUT2D eigenvalue weighted by Gasteiger charge is 2.29. The van der Waals surface area contributed by atoms with Gasteiger partial charge in [0.05, 0.1) is 11.9 Å². The molecule has 2 heterocycles. The molecule has 1 fully saturated rings. The number of rotatable bonds is 5. The SMILES string of the molecule is O=S(=O)(Cc1cccc(F)c1)N1CCC(Oc2cnccn2)CC1. The van der Waals surface area contributed by atoms with Crippen LogP contribution in [0.5, 0.6) is 5.88 Å². The highest BCUT2D eigenvalue weighted by molar-refractivity contribution is 7.88. The lowest BCUT2D eigenvalue weighted by Crippen LogP contribution is -2.42. The van der Waals surface area contributed by atoms with Crippen molar-refractivity contribution in [3.05, 3.63) is 54.2 Å². The molecule has 6 nitrogen and oxygen atoms in total. The Morgan fingerprint density at radius 2 is 2.04 bits per heavy atom. The van der Waals surface area contributed by atoms with Crippen LogP contribution in [0.4, 0.5) is 4.39 Å². The van der Waals surface area contributed by atoms with E-state index >= 15 is 0 Å². The Kier molecular flexibility index (Phi) is 5.06. The number of aromatic nitrogens is 2. The summed E-state index contributed by atoms with van der Waals surface area (Å²) in [5, 5.41) is 0. The minimum atomic E-state index is -3.47. The van der Waals surface area contributed by atoms with E-state index in [9.17, 15) is 12.8 Å². The second-order valence-electron chi connectivity index (χ2n) is 5.65. The number of piperidine rings is 1. The molecule has 0 bridgehead atoms. The van der Waals surface area contributed by atoms with E-state index in [2.05, 4.69) is 9.97 Å². The molecular weight excluding hydrogens is 333 g/mol. The van der Waals surface area contributed by atoms with Crippen LogP contribution in [-0.4, -0.2) is 41.9 Å². The van der Waals surface area contributed by atoms with E-state index < -0.39 is 15.8 Å². The Balaban J connectivity index is 1.57. The third-order valence-electron chi connectivity index (χ3n) is 3.86. The van der Waals surface area contributed by atoms with Gasteiger partial charge in [0.1, 0.15) is 11.9 Å². The van der Waals surface area contributed by atoms with E-state index in [1.54, 1.807) is 18.5 Å². The van der Waals surface area contributed by atoms with Gasteiger partial charge in [-0.2, -0.15) is 0 Å². The van der Waals surface area contributed by atoms with E-state index in [4.69, 9.17) is 4.74 Å². The fourth-order valence-corrected chi connectivity index (χ4v) is 4.22. The largest absolute Gasteiger partial charge is 0.473 e. The van der Waals surface area contributed by atoms with E-state index in [1.165, 1.54) is 28.7 Å². The molecule has 0 N–H and O–H groups in total. The van der Waals surface area contributed by atoms with Gasteiger partial charge in [-0.25, -0.2) is 22.1 Å². The van der Waals surface area contributed by atoms with Crippen molar-refractivity contribution >= 4 is 10.0 Å². The number of halogens is 1. The molecule has 2 aromatic rings. The summed E-state index contributed by atoms with van der Waals surface area (Å²) in [6.45, 7) is 0.755. The summed E-state index contributed by atoms with van der Waals surface area (Å²) in [5.74, 6) is -0.183. The average Bonchev–Trinajstić information content (AvgIpc) is 2.56. The maximum atomic E-state index is 13.2. The Bertz CT molecular complexity index is 778. The fourth-order valence-electron chi connectivity index (χ4n) is 2.67. The molecule has 0 atom stereocenters. The van der Waals surface area contributed by atoms with Gasteiger partial charge in [-0.3, -0.25) is 4.98 Å². The normalized spacial score (nSPS) is 16.9. The lowest BCUT2D eigenvalue weighted by Gasteiger charge is -2.31. The molecule has 8 heteroatoms. The first-order valence-electron chi connectivity index (χ1n) is 7.68. The van der Waals surface area contributed by atoms with Crippen LogP contribution in [0.1, 0.15) is 18.4 Å². The van der Waals surface area contributed by atoms with Gasteiger partial charge >= 0.3 is 0 Å². The van der Waals surface area contributed by atoms with Gasteiger partial charge in [0.25, 0.3) is 0 Å². The second-order valence-corrected chi connectivity index (χ2v) is 7.61. The van der Waals surface area contributed by atoms with Gasteiger partial charge in [-0.1, -0.05) is 12.1 Å². The second kappa shape index (κ2) is 7.23. The van der Waals surface area contributed by atoms with E-state index in [-0.39, 0.29) is 11.9 Å². The molecule has 3 rings (SSSR count). The molecule has 0 aliphatic carbocycles. The van der Waals surface area contributed by atoms with Crippen molar-refractivity contribution in [3.63, 3.8) is 0 Å². The molecule has 0 radical (unpaired) electrons. The molecule has 1 aliphatic rings. The number of hydrogen-bond donors (Lipinski definition) is 0. The van der Waals surface area contributed by atoms with E-state index in [0.717, 1.165) is 0 Å². The summed E-state index contributed by atoms with van der Waals surface area (Å²) in [7, 11) is -3.47. The van der Waals surface area contributed by atoms with Gasteiger partial charge in [0.2, 0.25) is 15.9 Å². The van der Waals surface area contributed by atoms with Crippen molar-refractivity contribution in [1.82, 2.24) is 14.3 Å². The predicted molar refractivity (Wildman–Crippen MR) is 86.3 cm³/mol. The van der Waals surface area contributed by atoms with Crippen LogP contribution >= 0.6 is 0 Å². The summed E-state index contributed by atoms with van der Waals surface area (Å²) in [6.07, 6.45) is 5.73. The molecule has 128 valence electrons. The van der Waals surface area contributed by atoms with Crippen LogP contribution in [0.15, 0.2) is 42.9 Å². The van der Waals surface area contributed by atoms with Crippen molar-refractivity contribution in [3.8, 4) is 5.88 Å². The summed E-state index contributed by atoms with van der Waals surface area (Å²) in [5.41, 5.74) is 0.452. The van der Waals surface area contributed by atoms with Gasteiger partial charge in [0.15, 0.2) is 0 Å². The van der Waals surface area contributed by atoms with E-state index in [0.29, 0.717) is 37.4 Å². The summed E-state index contributed by atoms with van der Waals surface area (Å²) >= 11 is 0. The van der Waals surface area contributed by atoms with Crippen molar-refractivity contribution < 1.29 is 17.5 Å². The van der Waals surface area contributed by atoms with Crippen LogP contribution in [0.3, 0.4) is 0 Å². The third-order valence-corrected chi connectivity index (χ3v) is 5.71. The van der Waals surface area contributed by atoms with Crippen LogP contribution in [0.25, 0.3) is 0 Å². The number of ether oxygens (including phenoxy) is 1. The van der Waals surface area contributed by atoms with Crippen LogP contribution < -0.4 is 4.74 Å².